The van der Waals surface area contributed by atoms with Gasteiger partial charge in [-0.05, 0) is 31.2 Å². The van der Waals surface area contributed by atoms with Crippen LogP contribution in [-0.4, -0.2) is 34.8 Å². The van der Waals surface area contributed by atoms with E-state index >= 15 is 0 Å². The zero-order chi connectivity index (χ0) is 18.0. The van der Waals surface area contributed by atoms with Crippen LogP contribution < -0.4 is 5.32 Å². The molecule has 0 saturated heterocycles. The van der Waals surface area contributed by atoms with Crippen LogP contribution in [0, 0.1) is 0 Å². The van der Waals surface area contributed by atoms with Gasteiger partial charge in [-0.25, -0.2) is 4.79 Å². The predicted octanol–water partition coefficient (Wildman–Crippen LogP) is 1.56. The highest BCUT2D eigenvalue weighted by Gasteiger charge is 2.39. The Morgan fingerprint density at radius 2 is 1.44 bits per heavy atom. The van der Waals surface area contributed by atoms with Crippen molar-refractivity contribution >= 4 is 23.7 Å². The summed E-state index contributed by atoms with van der Waals surface area (Å²) in [5.41, 5.74) is 0.713. The van der Waals surface area contributed by atoms with Crippen LogP contribution >= 0.6 is 0 Å². The van der Waals surface area contributed by atoms with Crippen molar-refractivity contribution in [2.75, 3.05) is 0 Å². The minimum Gasteiger partial charge on any atom is -0.339 e. The average Bonchev–Trinajstić information content (AvgIpc) is 2.87. The predicted molar refractivity (Wildman–Crippen MR) is 86.4 cm³/mol. The fourth-order valence-corrected chi connectivity index (χ4v) is 2.35. The molecule has 0 unspecified atom stereocenters. The number of hydrogen-bond acceptors (Lipinski definition) is 5. The molecule has 1 aliphatic heterocycles. The maximum absolute atomic E-state index is 12.1. The highest BCUT2D eigenvalue weighted by molar-refractivity contribution is 6.21. The Balaban J connectivity index is 1.66. The molecule has 3 amide bonds. The molecule has 1 aliphatic rings. The fraction of sp³-hybridized carbons (Fsp3) is 0.111. The molecule has 0 aromatic heterocycles. The summed E-state index contributed by atoms with van der Waals surface area (Å²) >= 11 is 0. The van der Waals surface area contributed by atoms with Gasteiger partial charge in [0.25, 0.3) is 17.7 Å². The van der Waals surface area contributed by atoms with Crippen LogP contribution in [0.3, 0.4) is 0 Å². The van der Waals surface area contributed by atoms with Crippen molar-refractivity contribution in [2.45, 2.75) is 13.0 Å². The van der Waals surface area contributed by atoms with Crippen LogP contribution in [0.4, 0.5) is 0 Å². The lowest BCUT2D eigenvalue weighted by Crippen LogP contribution is -2.43. The number of rotatable bonds is 4. The number of nitrogens with one attached hydrogen (secondary N) is 1. The van der Waals surface area contributed by atoms with E-state index in [0.717, 1.165) is 0 Å². The molecule has 1 N–H and O–H groups in total. The number of benzene rings is 2. The lowest BCUT2D eigenvalue weighted by atomic mass is 10.1. The number of nitrogens with zero attached hydrogens (tertiary/aromatic N) is 1. The third-order valence-electron chi connectivity index (χ3n) is 3.68. The van der Waals surface area contributed by atoms with Gasteiger partial charge in [-0.3, -0.25) is 14.4 Å². The van der Waals surface area contributed by atoms with Gasteiger partial charge in [-0.1, -0.05) is 35.4 Å². The normalized spacial score (nSPS) is 14.0. The van der Waals surface area contributed by atoms with Gasteiger partial charge in [-0.15, -0.1) is 0 Å². The molecule has 126 valence electrons. The first-order chi connectivity index (χ1) is 12.0. The smallest absolute Gasteiger partial charge is 0.339 e. The Bertz CT molecular complexity index is 828. The monoisotopic (exact) mass is 338 g/mol. The van der Waals surface area contributed by atoms with E-state index < -0.39 is 29.7 Å². The number of hydroxylamine groups is 2. The maximum Gasteiger partial charge on any atom is 0.354 e. The second-order valence-corrected chi connectivity index (χ2v) is 5.42. The standard InChI is InChI=1S/C18H14N2O5/c1-11(19-15(21)12-7-3-2-4-8-12)18(24)25-20-16(22)13-9-5-6-10-14(13)17(20)23/h2-11H,1H3,(H,19,21)/t11-/m0/s1. The van der Waals surface area contributed by atoms with E-state index in [-0.39, 0.29) is 11.1 Å². The number of carbonyl (C=O) groups excluding carboxylic acids is 4. The Morgan fingerprint density at radius 3 is 2.00 bits per heavy atom. The molecule has 1 heterocycles. The molecular weight excluding hydrogens is 324 g/mol. The van der Waals surface area contributed by atoms with Gasteiger partial charge in [0.1, 0.15) is 6.04 Å². The van der Waals surface area contributed by atoms with E-state index in [2.05, 4.69) is 5.32 Å². The quantitative estimate of drug-likeness (QED) is 0.854. The molecule has 7 nitrogen and oxygen atoms in total. The van der Waals surface area contributed by atoms with E-state index in [9.17, 15) is 19.2 Å². The number of imide groups is 1. The molecule has 2 aromatic carbocycles. The molecule has 2 aromatic rings. The van der Waals surface area contributed by atoms with Crippen molar-refractivity contribution in [3.8, 4) is 0 Å². The molecule has 0 fully saturated rings. The lowest BCUT2D eigenvalue weighted by Gasteiger charge is -2.17. The molecule has 0 aliphatic carbocycles. The maximum atomic E-state index is 12.1. The Hall–Kier alpha value is -3.48. The van der Waals surface area contributed by atoms with Gasteiger partial charge in [0.15, 0.2) is 0 Å². The summed E-state index contributed by atoms with van der Waals surface area (Å²) in [6.07, 6.45) is 0. The minimum absolute atomic E-state index is 0.168. The molecular formula is C18H14N2O5. The topological polar surface area (TPSA) is 92.8 Å². The lowest BCUT2D eigenvalue weighted by molar-refractivity contribution is -0.170. The van der Waals surface area contributed by atoms with Crippen molar-refractivity contribution in [3.63, 3.8) is 0 Å². The van der Waals surface area contributed by atoms with Crippen LogP contribution in [0.25, 0.3) is 0 Å². The summed E-state index contributed by atoms with van der Waals surface area (Å²) in [7, 11) is 0. The largest absolute Gasteiger partial charge is 0.354 e. The first-order valence-corrected chi connectivity index (χ1v) is 7.54. The van der Waals surface area contributed by atoms with Crippen LogP contribution in [-0.2, 0) is 9.63 Å². The first kappa shape index (κ1) is 16.4. The van der Waals surface area contributed by atoms with Gasteiger partial charge in [0.05, 0.1) is 11.1 Å². The Kier molecular flexibility index (Phi) is 4.30. The summed E-state index contributed by atoms with van der Waals surface area (Å²) in [5.74, 6) is -2.81. The average molecular weight is 338 g/mol. The van der Waals surface area contributed by atoms with E-state index in [4.69, 9.17) is 4.84 Å². The summed E-state index contributed by atoms with van der Waals surface area (Å²) in [4.78, 5) is 53.4. The zero-order valence-corrected chi connectivity index (χ0v) is 13.3. The van der Waals surface area contributed by atoms with Crippen LogP contribution in [0.15, 0.2) is 54.6 Å². The second-order valence-electron chi connectivity index (χ2n) is 5.42. The van der Waals surface area contributed by atoms with Crippen molar-refractivity contribution in [2.24, 2.45) is 0 Å². The van der Waals surface area contributed by atoms with Crippen LogP contribution in [0.2, 0.25) is 0 Å². The molecule has 3 rings (SSSR count). The van der Waals surface area contributed by atoms with Crippen LogP contribution in [0.5, 0.6) is 0 Å². The Labute approximate surface area is 143 Å². The third kappa shape index (κ3) is 3.12. The van der Waals surface area contributed by atoms with Gasteiger partial charge in [-0.2, -0.15) is 0 Å². The van der Waals surface area contributed by atoms with Crippen molar-refractivity contribution < 1.29 is 24.0 Å². The van der Waals surface area contributed by atoms with E-state index in [0.29, 0.717) is 10.6 Å². The van der Waals surface area contributed by atoms with E-state index in [1.807, 2.05) is 0 Å². The van der Waals surface area contributed by atoms with Gasteiger partial charge < -0.3 is 10.2 Å². The fourth-order valence-electron chi connectivity index (χ4n) is 2.35. The SMILES string of the molecule is C[C@H](NC(=O)c1ccccc1)C(=O)ON1C(=O)c2ccccc2C1=O. The highest BCUT2D eigenvalue weighted by Crippen LogP contribution is 2.22. The summed E-state index contributed by atoms with van der Waals surface area (Å²) in [5, 5.41) is 2.87. The molecule has 25 heavy (non-hydrogen) atoms. The molecule has 0 bridgehead atoms. The number of amides is 3. The van der Waals surface area contributed by atoms with E-state index in [1.54, 1.807) is 42.5 Å². The number of fused-ring (bicyclic) bond motifs is 1. The summed E-state index contributed by atoms with van der Waals surface area (Å²) in [6.45, 7) is 1.40. The van der Waals surface area contributed by atoms with Crippen molar-refractivity contribution in [1.29, 1.82) is 0 Å². The number of hydrogen-bond donors (Lipinski definition) is 1. The van der Waals surface area contributed by atoms with Gasteiger partial charge in [0, 0.05) is 5.56 Å². The summed E-state index contributed by atoms with van der Waals surface area (Å²) in [6, 6.07) is 13.5. The van der Waals surface area contributed by atoms with E-state index in [1.165, 1.54) is 19.1 Å². The van der Waals surface area contributed by atoms with Gasteiger partial charge in [0.2, 0.25) is 0 Å². The van der Waals surface area contributed by atoms with Crippen molar-refractivity contribution in [1.82, 2.24) is 10.4 Å². The Morgan fingerprint density at radius 1 is 0.920 bits per heavy atom. The third-order valence-corrected chi connectivity index (χ3v) is 3.68. The van der Waals surface area contributed by atoms with Gasteiger partial charge >= 0.3 is 5.97 Å². The van der Waals surface area contributed by atoms with Crippen LogP contribution in [0.1, 0.15) is 38.0 Å². The molecule has 0 radical (unpaired) electrons. The zero-order valence-electron chi connectivity index (χ0n) is 13.3. The molecule has 0 spiro atoms. The molecule has 0 saturated carbocycles. The number of carbonyl (C=O) groups is 4. The highest BCUT2D eigenvalue weighted by atomic mass is 16.7. The first-order valence-electron chi connectivity index (χ1n) is 7.54. The summed E-state index contributed by atoms with van der Waals surface area (Å²) < 4.78 is 0. The van der Waals surface area contributed by atoms with Crippen molar-refractivity contribution in [3.05, 3.63) is 71.3 Å². The molecule has 1 atom stereocenters. The molecule has 7 heteroatoms. The minimum atomic E-state index is -1.04. The second kappa shape index (κ2) is 6.56.